The lowest BCUT2D eigenvalue weighted by Crippen LogP contribution is -2.27. The van der Waals surface area contributed by atoms with Gasteiger partial charge < -0.3 is 0 Å². The van der Waals surface area contributed by atoms with Crippen molar-refractivity contribution in [1.29, 1.82) is 0 Å². The van der Waals surface area contributed by atoms with E-state index in [9.17, 15) is 0 Å². The molecule has 0 N–H and O–H groups in total. The van der Waals surface area contributed by atoms with E-state index < -0.39 is 0 Å². The van der Waals surface area contributed by atoms with E-state index in [2.05, 4.69) is 133 Å². The van der Waals surface area contributed by atoms with E-state index in [-0.39, 0.29) is 10.7 Å². The minimum Gasteiger partial charge on any atom is -0.296 e. The number of para-hydroxylation sites is 1. The van der Waals surface area contributed by atoms with E-state index in [1.54, 1.807) is 0 Å². The van der Waals surface area contributed by atoms with Crippen molar-refractivity contribution in [3.05, 3.63) is 138 Å². The zero-order valence-electron chi connectivity index (χ0n) is 21.8. The second kappa shape index (κ2) is 8.72. The van der Waals surface area contributed by atoms with Gasteiger partial charge in [-0.3, -0.25) is 4.57 Å². The molecule has 2 aliphatic carbocycles. The highest BCUT2D eigenvalue weighted by atomic mass is 32.2. The van der Waals surface area contributed by atoms with E-state index in [0.29, 0.717) is 0 Å². The number of hydrogen-bond acceptors (Lipinski definition) is 2. The highest BCUT2D eigenvalue weighted by Crippen LogP contribution is 2.62. The maximum atomic E-state index is 5.36. The summed E-state index contributed by atoms with van der Waals surface area (Å²) in [6, 6.07) is 32.9. The largest absolute Gasteiger partial charge is 0.296 e. The second-order valence-corrected chi connectivity index (χ2v) is 12.0. The minimum atomic E-state index is -0.0745. The summed E-state index contributed by atoms with van der Waals surface area (Å²) in [6.45, 7) is 2.40. The number of benzene rings is 3. The molecule has 0 saturated carbocycles. The molecule has 0 spiro atoms. The molecule has 188 valence electrons. The number of pyridine rings is 1. The average molecular weight is 521 g/mol. The Labute approximate surface area is 233 Å². The third kappa shape index (κ3) is 3.46. The number of fused-ring (bicyclic) bond motifs is 7. The summed E-state index contributed by atoms with van der Waals surface area (Å²) in [4.78, 5) is 6.74. The molecule has 8 rings (SSSR count). The van der Waals surface area contributed by atoms with Gasteiger partial charge in [0.15, 0.2) is 0 Å². The molecule has 0 bridgehead atoms. The van der Waals surface area contributed by atoms with E-state index >= 15 is 0 Å². The molecule has 0 fully saturated rings. The van der Waals surface area contributed by atoms with Crippen molar-refractivity contribution in [2.75, 3.05) is 0 Å². The first-order valence-corrected chi connectivity index (χ1v) is 14.6. The van der Waals surface area contributed by atoms with Crippen molar-refractivity contribution in [3.63, 3.8) is 0 Å². The summed E-state index contributed by atoms with van der Waals surface area (Å²) >= 11 is 2.00. The molecule has 0 amide bonds. The molecular formula is C36H28N2S. The zero-order valence-corrected chi connectivity index (χ0v) is 22.7. The molecule has 3 heterocycles. The lowest BCUT2D eigenvalue weighted by molar-refractivity contribution is 0.567. The Balaban J connectivity index is 1.42. The molecule has 2 aromatic heterocycles. The third-order valence-corrected chi connectivity index (χ3v) is 10.1. The maximum Gasteiger partial charge on any atom is 0.138 e. The molecule has 2 atom stereocenters. The number of hydrogen-bond donors (Lipinski definition) is 0. The normalized spacial score (nSPS) is 20.9. The van der Waals surface area contributed by atoms with Gasteiger partial charge in [-0.15, -0.1) is 11.8 Å². The van der Waals surface area contributed by atoms with Crippen LogP contribution in [0.5, 0.6) is 0 Å². The van der Waals surface area contributed by atoms with E-state index in [0.717, 1.165) is 29.9 Å². The predicted octanol–water partition coefficient (Wildman–Crippen LogP) is 9.56. The van der Waals surface area contributed by atoms with Crippen molar-refractivity contribution in [2.45, 2.75) is 35.3 Å². The van der Waals surface area contributed by atoms with Crippen molar-refractivity contribution in [1.82, 2.24) is 9.55 Å². The van der Waals surface area contributed by atoms with Crippen molar-refractivity contribution < 1.29 is 0 Å². The Morgan fingerprint density at radius 3 is 2.54 bits per heavy atom. The van der Waals surface area contributed by atoms with Gasteiger partial charge in [0.2, 0.25) is 0 Å². The fourth-order valence-electron chi connectivity index (χ4n) is 6.53. The summed E-state index contributed by atoms with van der Waals surface area (Å²) in [5.74, 6) is 0.984. The summed E-state index contributed by atoms with van der Waals surface area (Å²) < 4.78 is 2.46. The molecule has 0 radical (unpaired) electrons. The zero-order chi connectivity index (χ0) is 26.0. The first kappa shape index (κ1) is 22.9. The number of nitrogens with zero attached hydrogens (tertiary/aromatic N) is 2. The Morgan fingerprint density at radius 2 is 1.67 bits per heavy atom. The van der Waals surface area contributed by atoms with Crippen LogP contribution in [0.4, 0.5) is 0 Å². The number of aromatic nitrogens is 2. The quantitative estimate of drug-likeness (QED) is 0.236. The lowest BCUT2D eigenvalue weighted by atomic mass is 9.74. The van der Waals surface area contributed by atoms with Crippen LogP contribution in [-0.4, -0.2) is 9.55 Å². The summed E-state index contributed by atoms with van der Waals surface area (Å²) in [7, 11) is 0. The highest BCUT2D eigenvalue weighted by Gasteiger charge is 2.47. The summed E-state index contributed by atoms with van der Waals surface area (Å²) in [6.07, 6.45) is 13.9. The van der Waals surface area contributed by atoms with Crippen LogP contribution >= 0.6 is 11.8 Å². The monoisotopic (exact) mass is 520 g/mol. The molecule has 1 aliphatic heterocycles. The smallest absolute Gasteiger partial charge is 0.138 e. The highest BCUT2D eigenvalue weighted by molar-refractivity contribution is 8.00. The standard InChI is InChI=1S/C36H28N2S/c1-36-21-20-28-27-16-8-10-18-31(27)38(34(28)35(36)39-32-19-11-9-17-29(32)36)33-23-26(24-12-4-2-5-13-24)22-30(37-33)25-14-6-3-7-15-25/h3-4,6-23,35H,2,5H2,1H3. The summed E-state index contributed by atoms with van der Waals surface area (Å²) in [5.41, 5.74) is 9.86. The lowest BCUT2D eigenvalue weighted by Gasteiger charge is -2.33. The molecular weight excluding hydrogens is 492 g/mol. The minimum absolute atomic E-state index is 0.0745. The van der Waals surface area contributed by atoms with Gasteiger partial charge in [0.05, 0.1) is 16.5 Å². The van der Waals surface area contributed by atoms with Crippen LogP contribution < -0.4 is 0 Å². The number of rotatable bonds is 3. The fraction of sp³-hybridized carbons (Fsp3) is 0.139. The molecule has 5 aromatic rings. The fourth-order valence-corrected chi connectivity index (χ4v) is 8.15. The van der Waals surface area contributed by atoms with Gasteiger partial charge in [0.1, 0.15) is 5.82 Å². The van der Waals surface area contributed by atoms with Crippen LogP contribution in [-0.2, 0) is 5.41 Å². The van der Waals surface area contributed by atoms with E-state index in [1.165, 1.54) is 43.8 Å². The van der Waals surface area contributed by atoms with Gasteiger partial charge in [-0.1, -0.05) is 104 Å². The first-order valence-electron chi connectivity index (χ1n) is 13.7. The Kier molecular flexibility index (Phi) is 5.11. The van der Waals surface area contributed by atoms with Crippen LogP contribution in [0.3, 0.4) is 0 Å². The molecule has 0 saturated heterocycles. The van der Waals surface area contributed by atoms with Gasteiger partial charge >= 0.3 is 0 Å². The van der Waals surface area contributed by atoms with Gasteiger partial charge in [0, 0.05) is 32.5 Å². The Morgan fingerprint density at radius 1 is 0.846 bits per heavy atom. The Bertz CT molecular complexity index is 1860. The Hall–Kier alpha value is -4.08. The molecule has 39 heavy (non-hydrogen) atoms. The summed E-state index contributed by atoms with van der Waals surface area (Å²) in [5, 5.41) is 1.55. The number of allylic oxidation sites excluding steroid dienone is 5. The van der Waals surface area contributed by atoms with Crippen LogP contribution in [0.1, 0.15) is 47.4 Å². The predicted molar refractivity (Wildman–Crippen MR) is 164 cm³/mol. The van der Waals surface area contributed by atoms with Crippen molar-refractivity contribution >= 4 is 34.3 Å². The van der Waals surface area contributed by atoms with Crippen LogP contribution in [0.15, 0.2) is 120 Å². The van der Waals surface area contributed by atoms with Gasteiger partial charge in [-0.05, 0) is 53.8 Å². The second-order valence-electron chi connectivity index (χ2n) is 10.9. The van der Waals surface area contributed by atoms with Crippen LogP contribution in [0.25, 0.3) is 39.6 Å². The number of thioether (sulfide) groups is 1. The SMILES string of the molecule is CC12C=Cc3c(n(-c4cc(C5=CCCC=C5)cc(-c5ccccc5)n4)c4ccccc34)C1Sc1ccccc12. The van der Waals surface area contributed by atoms with E-state index in [1.807, 2.05) is 11.8 Å². The average Bonchev–Trinajstić information content (AvgIpc) is 3.50. The van der Waals surface area contributed by atoms with Crippen molar-refractivity contribution in [3.8, 4) is 17.1 Å². The maximum absolute atomic E-state index is 5.36. The van der Waals surface area contributed by atoms with Gasteiger partial charge in [-0.25, -0.2) is 4.98 Å². The topological polar surface area (TPSA) is 17.8 Å². The van der Waals surface area contributed by atoms with E-state index in [4.69, 9.17) is 4.98 Å². The molecule has 3 heteroatoms. The third-order valence-electron chi connectivity index (χ3n) is 8.49. The van der Waals surface area contributed by atoms with Crippen LogP contribution in [0, 0.1) is 0 Å². The molecule has 3 aromatic carbocycles. The first-order chi connectivity index (χ1) is 19.2. The van der Waals surface area contributed by atoms with Gasteiger partial charge in [0.25, 0.3) is 0 Å². The van der Waals surface area contributed by atoms with Gasteiger partial charge in [-0.2, -0.15) is 0 Å². The van der Waals surface area contributed by atoms with Crippen LogP contribution in [0.2, 0.25) is 0 Å². The molecule has 2 nitrogen and oxygen atoms in total. The molecule has 2 unspecified atom stereocenters. The molecule has 3 aliphatic rings. The van der Waals surface area contributed by atoms with Crippen molar-refractivity contribution in [2.24, 2.45) is 0 Å².